The van der Waals surface area contributed by atoms with Crippen LogP contribution < -0.4 is 10.1 Å². The van der Waals surface area contributed by atoms with Crippen molar-refractivity contribution in [2.45, 2.75) is 40.0 Å². The highest BCUT2D eigenvalue weighted by Gasteiger charge is 2.44. The number of nitro groups is 1. The molecule has 1 aromatic carbocycles. The van der Waals surface area contributed by atoms with Gasteiger partial charge in [-0.15, -0.1) is 0 Å². The van der Waals surface area contributed by atoms with Gasteiger partial charge in [0.05, 0.1) is 35.7 Å². The molecule has 0 saturated heterocycles. The minimum absolute atomic E-state index is 0.371. The summed E-state index contributed by atoms with van der Waals surface area (Å²) in [5.74, 6) is -0.0131. The Morgan fingerprint density at radius 2 is 1.88 bits per heavy atom. The molecule has 3 rings (SSSR count). The van der Waals surface area contributed by atoms with E-state index in [4.69, 9.17) is 4.74 Å². The lowest BCUT2D eigenvalue weighted by molar-refractivity contribution is -0.388. The highest BCUT2D eigenvalue weighted by atomic mass is 19.4. The number of ether oxygens (including phenoxy) is 1. The maximum Gasteiger partial charge on any atom is 0.442 e. The van der Waals surface area contributed by atoms with Gasteiger partial charge in [-0.2, -0.15) is 23.4 Å². The topological polar surface area (TPSA) is 117 Å². The predicted molar refractivity (Wildman–Crippen MR) is 111 cm³/mol. The molecule has 2 heterocycles. The molecule has 10 nitrogen and oxygen atoms in total. The van der Waals surface area contributed by atoms with Gasteiger partial charge in [0.25, 0.3) is 0 Å². The second-order valence-corrected chi connectivity index (χ2v) is 7.30. The number of amides is 1. The molecule has 3 aromatic rings. The van der Waals surface area contributed by atoms with Crippen LogP contribution in [0.25, 0.3) is 0 Å². The first-order valence-corrected chi connectivity index (χ1v) is 9.68. The number of aromatic nitrogens is 4. The number of carbonyl (C=O) groups is 1. The molecule has 0 aliphatic rings. The van der Waals surface area contributed by atoms with Crippen molar-refractivity contribution in [3.05, 3.63) is 62.7 Å². The van der Waals surface area contributed by atoms with Crippen LogP contribution >= 0.6 is 0 Å². The second kappa shape index (κ2) is 8.92. The average molecular weight is 466 g/mol. The molecule has 0 atom stereocenters. The van der Waals surface area contributed by atoms with Crippen LogP contribution in [-0.4, -0.2) is 37.5 Å². The van der Waals surface area contributed by atoms with Crippen LogP contribution in [-0.2, 0) is 24.1 Å². The lowest BCUT2D eigenvalue weighted by atomic mass is 10.2. The van der Waals surface area contributed by atoms with E-state index in [0.29, 0.717) is 34.1 Å². The van der Waals surface area contributed by atoms with Crippen LogP contribution in [0.15, 0.2) is 24.3 Å². The molecule has 0 aliphatic heterocycles. The smallest absolute Gasteiger partial charge is 0.442 e. The molecule has 0 bridgehead atoms. The molecule has 0 fully saturated rings. The van der Waals surface area contributed by atoms with E-state index in [9.17, 15) is 28.1 Å². The Morgan fingerprint density at radius 1 is 1.18 bits per heavy atom. The van der Waals surface area contributed by atoms with Gasteiger partial charge >= 0.3 is 11.9 Å². The fraction of sp³-hybridized carbons (Fsp3) is 0.350. The first kappa shape index (κ1) is 23.8. The van der Waals surface area contributed by atoms with Crippen molar-refractivity contribution in [2.75, 3.05) is 12.4 Å². The quantitative estimate of drug-likeness (QED) is 0.420. The number of nitrogens with one attached hydrogen (secondary N) is 1. The number of rotatable bonds is 7. The Balaban J connectivity index is 1.81. The van der Waals surface area contributed by atoms with E-state index in [0.717, 1.165) is 12.5 Å². The zero-order valence-electron chi connectivity index (χ0n) is 18.2. The van der Waals surface area contributed by atoms with Crippen LogP contribution in [0.1, 0.15) is 28.3 Å². The lowest BCUT2D eigenvalue weighted by Gasteiger charge is -2.09. The largest absolute Gasteiger partial charge is 0.497 e. The van der Waals surface area contributed by atoms with Crippen molar-refractivity contribution < 1.29 is 27.6 Å². The molecular weight excluding hydrogens is 445 g/mol. The molecule has 13 heteroatoms. The number of aryl methyl sites for hydroxylation is 1. The van der Waals surface area contributed by atoms with E-state index in [-0.39, 0.29) is 5.69 Å². The average Bonchev–Trinajstić information content (AvgIpc) is 3.19. The van der Waals surface area contributed by atoms with Crippen LogP contribution in [0.2, 0.25) is 0 Å². The number of benzene rings is 1. The summed E-state index contributed by atoms with van der Waals surface area (Å²) in [5, 5.41) is 21.4. The monoisotopic (exact) mass is 466 g/mol. The fourth-order valence-electron chi connectivity index (χ4n) is 3.39. The molecule has 1 N–H and O–H groups in total. The van der Waals surface area contributed by atoms with Gasteiger partial charge in [-0.3, -0.25) is 24.3 Å². The van der Waals surface area contributed by atoms with Gasteiger partial charge in [0.1, 0.15) is 18.0 Å². The van der Waals surface area contributed by atoms with Crippen molar-refractivity contribution in [1.29, 1.82) is 0 Å². The van der Waals surface area contributed by atoms with Gasteiger partial charge in [-0.05, 0) is 38.5 Å². The number of halogens is 3. The molecule has 176 valence electrons. The number of alkyl halides is 3. The first-order chi connectivity index (χ1) is 15.4. The number of hydrogen-bond donors (Lipinski definition) is 1. The molecule has 0 radical (unpaired) electrons. The van der Waals surface area contributed by atoms with Gasteiger partial charge in [0.15, 0.2) is 0 Å². The summed E-state index contributed by atoms with van der Waals surface area (Å²) in [4.78, 5) is 22.5. The van der Waals surface area contributed by atoms with E-state index in [1.165, 1.54) is 0 Å². The zero-order valence-corrected chi connectivity index (χ0v) is 18.2. The summed E-state index contributed by atoms with van der Waals surface area (Å²) in [7, 11) is 1.56. The standard InChI is InChI=1S/C20H21F3N6O4/c1-11-17(12(2)27(25-11)9-14-6-5-7-15(8-14)33-4)24-16(30)10-28-13(3)18(29(31)32)19(26-28)20(21,22)23/h5-8H,9-10H2,1-4H3,(H,24,30). The molecule has 0 spiro atoms. The van der Waals surface area contributed by atoms with E-state index in [1.807, 2.05) is 24.3 Å². The van der Waals surface area contributed by atoms with Gasteiger partial charge in [0.2, 0.25) is 11.6 Å². The normalized spacial score (nSPS) is 11.5. The number of carbonyl (C=O) groups excluding carboxylic acids is 1. The second-order valence-electron chi connectivity index (χ2n) is 7.30. The highest BCUT2D eigenvalue weighted by Crippen LogP contribution is 2.37. The van der Waals surface area contributed by atoms with Crippen molar-refractivity contribution in [1.82, 2.24) is 19.6 Å². The summed E-state index contributed by atoms with van der Waals surface area (Å²) >= 11 is 0. The predicted octanol–water partition coefficient (Wildman–Crippen LogP) is 3.63. The number of hydrogen-bond acceptors (Lipinski definition) is 6. The summed E-state index contributed by atoms with van der Waals surface area (Å²) < 4.78 is 46.9. The van der Waals surface area contributed by atoms with Gasteiger partial charge in [-0.1, -0.05) is 12.1 Å². The van der Waals surface area contributed by atoms with Crippen LogP contribution in [0, 0.1) is 30.9 Å². The lowest BCUT2D eigenvalue weighted by Crippen LogP contribution is -2.21. The maximum atomic E-state index is 13.1. The molecule has 33 heavy (non-hydrogen) atoms. The Bertz CT molecular complexity index is 1220. The van der Waals surface area contributed by atoms with Crippen LogP contribution in [0.3, 0.4) is 0 Å². The van der Waals surface area contributed by atoms with Gasteiger partial charge in [-0.25, -0.2) is 0 Å². The maximum absolute atomic E-state index is 13.1. The van der Waals surface area contributed by atoms with Gasteiger partial charge in [0, 0.05) is 0 Å². The Hall–Kier alpha value is -3.90. The SMILES string of the molecule is COc1cccc(Cn2nc(C)c(NC(=O)Cn3nc(C(F)(F)F)c([N+](=O)[O-])c3C)c2C)c1. The Labute approximate surface area is 186 Å². The molecule has 2 aromatic heterocycles. The summed E-state index contributed by atoms with van der Waals surface area (Å²) in [5.41, 5.74) is -0.740. The summed E-state index contributed by atoms with van der Waals surface area (Å²) in [6.07, 6.45) is -5.02. The van der Waals surface area contributed by atoms with Crippen molar-refractivity contribution >= 4 is 17.3 Å². The minimum Gasteiger partial charge on any atom is -0.497 e. The van der Waals surface area contributed by atoms with Crippen molar-refractivity contribution in [2.24, 2.45) is 0 Å². The van der Waals surface area contributed by atoms with Crippen LogP contribution in [0.5, 0.6) is 5.75 Å². The third-order valence-corrected chi connectivity index (χ3v) is 5.03. The highest BCUT2D eigenvalue weighted by molar-refractivity contribution is 5.91. The summed E-state index contributed by atoms with van der Waals surface area (Å²) in [6.45, 7) is 4.29. The molecule has 1 amide bonds. The Morgan fingerprint density at radius 3 is 2.45 bits per heavy atom. The first-order valence-electron chi connectivity index (χ1n) is 9.68. The zero-order chi connectivity index (χ0) is 24.5. The summed E-state index contributed by atoms with van der Waals surface area (Å²) in [6, 6.07) is 7.38. The number of methoxy groups -OCH3 is 1. The Kier molecular flexibility index (Phi) is 6.42. The number of anilines is 1. The minimum atomic E-state index is -5.02. The molecule has 0 aliphatic carbocycles. The van der Waals surface area contributed by atoms with E-state index in [2.05, 4.69) is 15.5 Å². The van der Waals surface area contributed by atoms with Gasteiger partial charge < -0.3 is 10.1 Å². The van der Waals surface area contributed by atoms with Crippen molar-refractivity contribution in [3.63, 3.8) is 0 Å². The third kappa shape index (κ3) is 4.96. The van der Waals surface area contributed by atoms with E-state index < -0.39 is 34.9 Å². The third-order valence-electron chi connectivity index (χ3n) is 5.03. The molecular formula is C20H21F3N6O4. The van der Waals surface area contributed by atoms with Crippen LogP contribution in [0.4, 0.5) is 24.5 Å². The fourth-order valence-corrected chi connectivity index (χ4v) is 3.39. The molecule has 0 unspecified atom stereocenters. The van der Waals surface area contributed by atoms with E-state index in [1.54, 1.807) is 25.6 Å². The van der Waals surface area contributed by atoms with Crippen molar-refractivity contribution in [3.8, 4) is 5.75 Å². The molecule has 0 saturated carbocycles. The number of nitrogens with zero attached hydrogens (tertiary/aromatic N) is 5. The van der Waals surface area contributed by atoms with E-state index >= 15 is 0 Å².